The van der Waals surface area contributed by atoms with E-state index in [-0.39, 0.29) is 11.8 Å². The second-order valence-corrected chi connectivity index (χ2v) is 5.84. The molecule has 5 heteroatoms. The zero-order valence-corrected chi connectivity index (χ0v) is 12.0. The van der Waals surface area contributed by atoms with Crippen molar-refractivity contribution >= 4 is 11.9 Å². The maximum absolute atomic E-state index is 12.6. The summed E-state index contributed by atoms with van der Waals surface area (Å²) < 4.78 is 0. The summed E-state index contributed by atoms with van der Waals surface area (Å²) in [4.78, 5) is 25.8. The molecule has 1 unspecified atom stereocenters. The topological polar surface area (TPSA) is 69.6 Å². The largest absolute Gasteiger partial charge is 0.481 e. The van der Waals surface area contributed by atoms with Gasteiger partial charge in [0.05, 0.1) is 11.8 Å². The van der Waals surface area contributed by atoms with Crippen LogP contribution in [0, 0.1) is 17.8 Å². The van der Waals surface area contributed by atoms with Crippen LogP contribution in [-0.2, 0) is 9.59 Å². The molecule has 1 saturated heterocycles. The molecule has 5 nitrogen and oxygen atoms in total. The van der Waals surface area contributed by atoms with Crippen LogP contribution < -0.4 is 5.32 Å². The smallest absolute Gasteiger partial charge is 0.307 e. The number of aliphatic carboxylic acids is 1. The van der Waals surface area contributed by atoms with Gasteiger partial charge in [-0.1, -0.05) is 12.2 Å². The molecule has 0 aromatic carbocycles. The zero-order valence-electron chi connectivity index (χ0n) is 12.0. The van der Waals surface area contributed by atoms with Gasteiger partial charge in [0.1, 0.15) is 0 Å². The fraction of sp³-hybridized carbons (Fsp3) is 0.733. The molecule has 2 aliphatic rings. The highest BCUT2D eigenvalue weighted by Gasteiger charge is 2.37. The normalized spacial score (nSPS) is 30.2. The number of nitrogens with zero attached hydrogens (tertiary/aromatic N) is 1. The van der Waals surface area contributed by atoms with Gasteiger partial charge in [-0.05, 0) is 45.2 Å². The van der Waals surface area contributed by atoms with Crippen molar-refractivity contribution in [1.82, 2.24) is 10.2 Å². The highest BCUT2D eigenvalue weighted by molar-refractivity contribution is 5.85. The Kier molecular flexibility index (Phi) is 5.17. The van der Waals surface area contributed by atoms with Crippen molar-refractivity contribution in [3.63, 3.8) is 0 Å². The third-order valence-corrected chi connectivity index (χ3v) is 4.39. The van der Waals surface area contributed by atoms with Crippen LogP contribution >= 0.6 is 0 Å². The third-order valence-electron chi connectivity index (χ3n) is 4.39. The van der Waals surface area contributed by atoms with Gasteiger partial charge < -0.3 is 15.3 Å². The average Bonchev–Trinajstić information content (AvgIpc) is 2.47. The minimum Gasteiger partial charge on any atom is -0.481 e. The van der Waals surface area contributed by atoms with Crippen LogP contribution in [0.15, 0.2) is 12.2 Å². The van der Waals surface area contributed by atoms with Crippen LogP contribution in [0.1, 0.15) is 25.7 Å². The lowest BCUT2D eigenvalue weighted by molar-refractivity contribution is -0.151. The maximum atomic E-state index is 12.6. The Balaban J connectivity index is 2.02. The summed E-state index contributed by atoms with van der Waals surface area (Å²) in [5.41, 5.74) is 0. The van der Waals surface area contributed by atoms with E-state index < -0.39 is 11.9 Å². The number of rotatable bonds is 4. The second kappa shape index (κ2) is 6.88. The lowest BCUT2D eigenvalue weighted by Gasteiger charge is -2.36. The van der Waals surface area contributed by atoms with E-state index in [0.717, 1.165) is 32.5 Å². The van der Waals surface area contributed by atoms with E-state index in [1.807, 2.05) is 24.1 Å². The van der Waals surface area contributed by atoms with Crippen LogP contribution in [0.4, 0.5) is 0 Å². The fourth-order valence-electron chi connectivity index (χ4n) is 3.32. The minimum atomic E-state index is -0.850. The Morgan fingerprint density at radius 3 is 2.65 bits per heavy atom. The van der Waals surface area contributed by atoms with E-state index in [0.29, 0.717) is 18.8 Å². The lowest BCUT2D eigenvalue weighted by Crippen LogP contribution is -2.47. The molecular formula is C15H24N2O3. The highest BCUT2D eigenvalue weighted by Crippen LogP contribution is 2.29. The molecule has 0 bridgehead atoms. The molecule has 2 rings (SSSR count). The number of allylic oxidation sites excluding steroid dienone is 2. The Morgan fingerprint density at radius 2 is 2.00 bits per heavy atom. The average molecular weight is 280 g/mol. The van der Waals surface area contributed by atoms with E-state index in [2.05, 4.69) is 5.32 Å². The summed E-state index contributed by atoms with van der Waals surface area (Å²) in [5, 5.41) is 12.4. The van der Waals surface area contributed by atoms with E-state index in [1.54, 1.807) is 0 Å². The van der Waals surface area contributed by atoms with Crippen molar-refractivity contribution in [1.29, 1.82) is 0 Å². The monoisotopic (exact) mass is 280 g/mol. The maximum Gasteiger partial charge on any atom is 0.307 e. The van der Waals surface area contributed by atoms with Crippen molar-refractivity contribution in [2.24, 2.45) is 17.8 Å². The second-order valence-electron chi connectivity index (χ2n) is 5.84. The number of carbonyl (C=O) groups is 2. The SMILES string of the molecule is CNCC1CCCN(C(=O)[C@@H]2CC=CC[C@@H]2C(=O)O)C1. The van der Waals surface area contributed by atoms with Gasteiger partial charge in [0.15, 0.2) is 0 Å². The van der Waals surface area contributed by atoms with Crippen molar-refractivity contribution in [2.45, 2.75) is 25.7 Å². The fourth-order valence-corrected chi connectivity index (χ4v) is 3.32. The van der Waals surface area contributed by atoms with E-state index >= 15 is 0 Å². The zero-order chi connectivity index (χ0) is 14.5. The van der Waals surface area contributed by atoms with Crippen molar-refractivity contribution in [3.05, 3.63) is 12.2 Å². The first kappa shape index (κ1) is 15.0. The quantitative estimate of drug-likeness (QED) is 0.757. The van der Waals surface area contributed by atoms with Crippen LogP contribution in [0.5, 0.6) is 0 Å². The molecule has 1 aliphatic heterocycles. The molecule has 3 atom stereocenters. The third kappa shape index (κ3) is 3.39. The molecular weight excluding hydrogens is 256 g/mol. The van der Waals surface area contributed by atoms with Crippen molar-refractivity contribution in [2.75, 3.05) is 26.7 Å². The first-order chi connectivity index (χ1) is 9.63. The molecule has 0 saturated carbocycles. The predicted molar refractivity (Wildman–Crippen MR) is 76.2 cm³/mol. The van der Waals surface area contributed by atoms with E-state index in [4.69, 9.17) is 0 Å². The summed E-state index contributed by atoms with van der Waals surface area (Å²) in [5.74, 6) is -1.28. The number of likely N-dealkylation sites (tertiary alicyclic amines) is 1. The standard InChI is InChI=1S/C15H24N2O3/c1-16-9-11-5-4-8-17(10-11)14(18)12-6-2-3-7-13(12)15(19)20/h2-3,11-13,16H,4-10H2,1H3,(H,19,20)/t11?,12-,13+/m1/s1. The summed E-state index contributed by atoms with van der Waals surface area (Å²) in [6.45, 7) is 2.44. The summed E-state index contributed by atoms with van der Waals surface area (Å²) in [6.07, 6.45) is 7.00. The number of nitrogens with one attached hydrogen (secondary N) is 1. The molecule has 1 heterocycles. The summed E-state index contributed by atoms with van der Waals surface area (Å²) in [6, 6.07) is 0. The lowest BCUT2D eigenvalue weighted by atomic mass is 9.81. The molecule has 0 aromatic heterocycles. The van der Waals surface area contributed by atoms with Crippen LogP contribution in [0.2, 0.25) is 0 Å². The molecule has 112 valence electrons. The first-order valence-corrected chi connectivity index (χ1v) is 7.44. The van der Waals surface area contributed by atoms with E-state index in [1.165, 1.54) is 0 Å². The number of amides is 1. The Morgan fingerprint density at radius 1 is 1.30 bits per heavy atom. The molecule has 1 fully saturated rings. The number of piperidine rings is 1. The molecule has 0 aromatic rings. The van der Waals surface area contributed by atoms with Crippen molar-refractivity contribution < 1.29 is 14.7 Å². The minimum absolute atomic E-state index is 0.0301. The predicted octanol–water partition coefficient (Wildman–Crippen LogP) is 1.11. The van der Waals surface area contributed by atoms with Gasteiger partial charge in [-0.3, -0.25) is 9.59 Å². The Bertz CT molecular complexity index is 393. The molecule has 0 spiro atoms. The van der Waals surface area contributed by atoms with Gasteiger partial charge in [-0.2, -0.15) is 0 Å². The molecule has 20 heavy (non-hydrogen) atoms. The number of carboxylic acid groups (broad SMARTS) is 1. The van der Waals surface area contributed by atoms with Gasteiger partial charge in [0.2, 0.25) is 5.91 Å². The number of carboxylic acids is 1. The summed E-state index contributed by atoms with van der Waals surface area (Å²) in [7, 11) is 1.92. The van der Waals surface area contributed by atoms with Crippen molar-refractivity contribution in [3.8, 4) is 0 Å². The summed E-state index contributed by atoms with van der Waals surface area (Å²) >= 11 is 0. The van der Waals surface area contributed by atoms with Crippen LogP contribution in [-0.4, -0.2) is 48.6 Å². The number of hydrogen-bond donors (Lipinski definition) is 2. The Hall–Kier alpha value is -1.36. The van der Waals surface area contributed by atoms with E-state index in [9.17, 15) is 14.7 Å². The molecule has 1 amide bonds. The van der Waals surface area contributed by atoms with Gasteiger partial charge in [0, 0.05) is 13.1 Å². The van der Waals surface area contributed by atoms with Gasteiger partial charge in [-0.15, -0.1) is 0 Å². The molecule has 1 aliphatic carbocycles. The Labute approximate surface area is 120 Å². The van der Waals surface area contributed by atoms with Crippen LogP contribution in [0.25, 0.3) is 0 Å². The first-order valence-electron chi connectivity index (χ1n) is 7.44. The highest BCUT2D eigenvalue weighted by atomic mass is 16.4. The molecule has 0 radical (unpaired) electrons. The number of carbonyl (C=O) groups excluding carboxylic acids is 1. The van der Waals surface area contributed by atoms with Gasteiger partial charge in [0.25, 0.3) is 0 Å². The van der Waals surface area contributed by atoms with Gasteiger partial charge in [-0.25, -0.2) is 0 Å². The number of hydrogen-bond acceptors (Lipinski definition) is 3. The molecule has 2 N–H and O–H groups in total. The van der Waals surface area contributed by atoms with Gasteiger partial charge >= 0.3 is 5.97 Å². The van der Waals surface area contributed by atoms with Crippen LogP contribution in [0.3, 0.4) is 0 Å².